The fraction of sp³-hybridized carbons (Fsp3) is 1.00. The van der Waals surface area contributed by atoms with E-state index in [4.69, 9.17) is 0 Å². The highest BCUT2D eigenvalue weighted by Gasteiger charge is 2.09. The van der Waals surface area contributed by atoms with Crippen LogP contribution in [0, 0.1) is 0 Å². The first-order valence-electron chi connectivity index (χ1n) is 5.18. The van der Waals surface area contributed by atoms with Crippen LogP contribution in [0.3, 0.4) is 0 Å². The Balaban J connectivity index is 3.34. The van der Waals surface area contributed by atoms with Crippen LogP contribution in [0.2, 0.25) is 19.0 Å². The molecule has 0 unspecified atom stereocenters. The van der Waals surface area contributed by atoms with Gasteiger partial charge in [-0.2, -0.15) is 0 Å². The summed E-state index contributed by atoms with van der Waals surface area (Å²) in [7, 11) is 2.52. The fourth-order valence-electron chi connectivity index (χ4n) is 1.52. The quantitative estimate of drug-likeness (QED) is 0.489. The van der Waals surface area contributed by atoms with Crippen molar-refractivity contribution in [1.82, 2.24) is 0 Å². The maximum atomic E-state index is 2.52. The van der Waals surface area contributed by atoms with Gasteiger partial charge in [0.05, 0.1) is 7.17 Å². The van der Waals surface area contributed by atoms with E-state index in [0.29, 0.717) is 0 Å². The van der Waals surface area contributed by atoms with Gasteiger partial charge in [0, 0.05) is 0 Å². The van der Waals surface area contributed by atoms with Gasteiger partial charge in [-0.3, -0.25) is 0 Å². The van der Waals surface area contributed by atoms with Crippen molar-refractivity contribution in [3.8, 4) is 0 Å². The first kappa shape index (κ1) is 11.1. The van der Waals surface area contributed by atoms with Crippen molar-refractivity contribution < 1.29 is 0 Å². The van der Waals surface area contributed by atoms with E-state index in [1.807, 2.05) is 0 Å². The molecule has 2 heteroatoms. The summed E-state index contributed by atoms with van der Waals surface area (Å²) in [6.07, 6.45) is 8.09. The summed E-state index contributed by atoms with van der Waals surface area (Å²) in [5.74, 6) is 0. The molecule has 11 heavy (non-hydrogen) atoms. The lowest BCUT2D eigenvalue weighted by Crippen LogP contribution is -2.20. The molecule has 0 aromatic rings. The third-order valence-corrected chi connectivity index (χ3v) is 2.11. The number of hydrogen-bond donors (Lipinski definition) is 0. The highest BCUT2D eigenvalue weighted by Crippen LogP contribution is 2.06. The van der Waals surface area contributed by atoms with Crippen LogP contribution in [0.15, 0.2) is 0 Å². The Morgan fingerprint density at radius 1 is 0.909 bits per heavy atom. The van der Waals surface area contributed by atoms with Crippen LogP contribution in [0.4, 0.5) is 0 Å². The fourth-order valence-corrected chi connectivity index (χ4v) is 1.52. The first-order valence-corrected chi connectivity index (χ1v) is 5.18. The van der Waals surface area contributed by atoms with E-state index in [9.17, 15) is 0 Å². The van der Waals surface area contributed by atoms with Crippen LogP contribution in [0.25, 0.3) is 0 Å². The summed E-state index contributed by atoms with van der Waals surface area (Å²) in [5.41, 5.74) is 0. The monoisotopic (exact) mass is 151 g/mol. The second kappa shape index (κ2) is 8.23. The standard InChI is InChI=1S/C9H21B2/c1-4-7-10-11(8-5-2)9-6-3/h4-9H2,1-3H3. The normalized spacial score (nSPS) is 9.73. The Labute approximate surface area is 73.5 Å². The van der Waals surface area contributed by atoms with Crippen LogP contribution >= 0.6 is 0 Å². The van der Waals surface area contributed by atoms with Crippen LogP contribution in [0.5, 0.6) is 0 Å². The predicted octanol–water partition coefficient (Wildman–Crippen LogP) is 3.33. The Kier molecular flexibility index (Phi) is 8.33. The SMILES string of the molecule is CCC[B]B(CCC)CCC. The molecule has 0 bridgehead atoms. The van der Waals surface area contributed by atoms with E-state index in [-0.39, 0.29) is 0 Å². The van der Waals surface area contributed by atoms with Gasteiger partial charge in [0.25, 0.3) is 0 Å². The molecule has 0 aliphatic rings. The van der Waals surface area contributed by atoms with Gasteiger partial charge in [-0.25, -0.2) is 0 Å². The lowest BCUT2D eigenvalue weighted by Gasteiger charge is -2.09. The molecular formula is C9H21B2. The zero-order valence-electron chi connectivity index (χ0n) is 8.40. The zero-order valence-corrected chi connectivity index (χ0v) is 8.40. The Morgan fingerprint density at radius 2 is 1.45 bits per heavy atom. The highest BCUT2D eigenvalue weighted by atomic mass is 13.7. The largest absolute Gasteiger partial charge is 0.100 e. The molecule has 0 atom stereocenters. The van der Waals surface area contributed by atoms with Gasteiger partial charge in [-0.15, -0.1) is 0 Å². The summed E-state index contributed by atoms with van der Waals surface area (Å²) in [6, 6.07) is 0. The van der Waals surface area contributed by atoms with Gasteiger partial charge >= 0.3 is 0 Å². The van der Waals surface area contributed by atoms with E-state index in [1.165, 1.54) is 38.2 Å². The topological polar surface area (TPSA) is 0 Å². The minimum atomic E-state index is 0.907. The maximum absolute atomic E-state index is 2.52. The summed E-state index contributed by atoms with van der Waals surface area (Å²) in [5, 5.41) is 0. The molecule has 0 amide bonds. The smallest absolute Gasteiger partial charge is 0.0882 e. The number of rotatable bonds is 7. The zero-order chi connectivity index (χ0) is 8.53. The minimum Gasteiger partial charge on any atom is -0.0882 e. The summed E-state index contributed by atoms with van der Waals surface area (Å²) < 4.78 is 0. The minimum absolute atomic E-state index is 0.907. The molecule has 0 aromatic heterocycles. The van der Waals surface area contributed by atoms with Crippen molar-refractivity contribution in [2.75, 3.05) is 0 Å². The average Bonchev–Trinajstić information content (AvgIpc) is 2.01. The molecule has 0 saturated carbocycles. The van der Waals surface area contributed by atoms with E-state index < -0.39 is 0 Å². The van der Waals surface area contributed by atoms with Crippen molar-refractivity contribution in [2.24, 2.45) is 0 Å². The molecule has 0 heterocycles. The predicted molar refractivity (Wildman–Crippen MR) is 56.8 cm³/mol. The molecule has 0 N–H and O–H groups in total. The van der Waals surface area contributed by atoms with Crippen LogP contribution < -0.4 is 0 Å². The summed E-state index contributed by atoms with van der Waals surface area (Å²) in [4.78, 5) is 0. The van der Waals surface area contributed by atoms with Crippen LogP contribution in [-0.4, -0.2) is 13.8 Å². The van der Waals surface area contributed by atoms with E-state index >= 15 is 0 Å². The molecule has 0 aliphatic carbocycles. The summed E-state index contributed by atoms with van der Waals surface area (Å²) in [6.45, 7) is 7.72. The molecule has 0 nitrogen and oxygen atoms in total. The molecule has 1 radical (unpaired) electrons. The molecule has 63 valence electrons. The van der Waals surface area contributed by atoms with Crippen molar-refractivity contribution >= 4 is 13.8 Å². The molecule has 0 aliphatic heterocycles. The Bertz CT molecular complexity index is 68.0. The molecule has 0 aromatic carbocycles. The van der Waals surface area contributed by atoms with Crippen molar-refractivity contribution in [3.05, 3.63) is 0 Å². The highest BCUT2D eigenvalue weighted by molar-refractivity contribution is 7.12. The van der Waals surface area contributed by atoms with Gasteiger partial charge in [0.1, 0.15) is 6.60 Å². The van der Waals surface area contributed by atoms with Gasteiger partial charge in [0.15, 0.2) is 0 Å². The van der Waals surface area contributed by atoms with Crippen molar-refractivity contribution in [1.29, 1.82) is 0 Å². The second-order valence-electron chi connectivity index (χ2n) is 3.36. The Hall–Kier alpha value is 0.130. The van der Waals surface area contributed by atoms with Crippen LogP contribution in [0.1, 0.15) is 40.0 Å². The van der Waals surface area contributed by atoms with Crippen LogP contribution in [-0.2, 0) is 0 Å². The third kappa shape index (κ3) is 6.52. The number of hydrogen-bond acceptors (Lipinski definition) is 0. The van der Waals surface area contributed by atoms with Gasteiger partial charge < -0.3 is 0 Å². The van der Waals surface area contributed by atoms with Gasteiger partial charge in [-0.05, 0) is 0 Å². The molecule has 0 fully saturated rings. The van der Waals surface area contributed by atoms with Crippen molar-refractivity contribution in [3.63, 3.8) is 0 Å². The maximum Gasteiger partial charge on any atom is 0.100 e. The second-order valence-corrected chi connectivity index (χ2v) is 3.36. The first-order chi connectivity index (χ1) is 5.35. The van der Waals surface area contributed by atoms with E-state index in [1.54, 1.807) is 0 Å². The lowest BCUT2D eigenvalue weighted by molar-refractivity contribution is 1.01. The third-order valence-electron chi connectivity index (χ3n) is 2.11. The van der Waals surface area contributed by atoms with E-state index in [2.05, 4.69) is 27.9 Å². The average molecular weight is 151 g/mol. The van der Waals surface area contributed by atoms with Gasteiger partial charge in [-0.1, -0.05) is 59.0 Å². The summed E-state index contributed by atoms with van der Waals surface area (Å²) >= 11 is 0. The molecule has 0 spiro atoms. The van der Waals surface area contributed by atoms with E-state index in [0.717, 1.165) is 6.60 Å². The van der Waals surface area contributed by atoms with Gasteiger partial charge in [0.2, 0.25) is 0 Å². The Morgan fingerprint density at radius 3 is 1.82 bits per heavy atom. The molecule has 0 rings (SSSR count). The lowest BCUT2D eigenvalue weighted by atomic mass is 9.18. The molecular weight excluding hydrogens is 130 g/mol. The van der Waals surface area contributed by atoms with Crippen molar-refractivity contribution in [2.45, 2.75) is 59.0 Å². The molecule has 0 saturated heterocycles.